The van der Waals surface area contributed by atoms with Gasteiger partial charge in [-0.15, -0.1) is 0 Å². The predicted molar refractivity (Wildman–Crippen MR) is 80.3 cm³/mol. The van der Waals surface area contributed by atoms with Crippen molar-refractivity contribution in [1.82, 2.24) is 4.98 Å². The summed E-state index contributed by atoms with van der Waals surface area (Å²) in [6.45, 7) is 0. The van der Waals surface area contributed by atoms with Crippen molar-refractivity contribution in [2.45, 2.75) is 24.2 Å². The summed E-state index contributed by atoms with van der Waals surface area (Å²) in [6.07, 6.45) is 0.304. The van der Waals surface area contributed by atoms with Gasteiger partial charge in [0.25, 0.3) is 5.92 Å². The molecule has 3 nitrogen and oxygen atoms in total. The van der Waals surface area contributed by atoms with Crippen molar-refractivity contribution in [1.29, 1.82) is 0 Å². The Kier molecular flexibility index (Phi) is 3.40. The average Bonchev–Trinajstić information content (AvgIpc) is 2.45. The third-order valence-corrected chi connectivity index (χ3v) is 4.22. The molecule has 1 aliphatic rings. The molecule has 0 radical (unpaired) electrons. The van der Waals surface area contributed by atoms with Gasteiger partial charge in [-0.3, -0.25) is 9.78 Å². The van der Waals surface area contributed by atoms with Gasteiger partial charge in [-0.05, 0) is 29.8 Å². The average molecular weight is 323 g/mol. The molecular formula is C16H13ClF2N2O. The van der Waals surface area contributed by atoms with Gasteiger partial charge in [0.15, 0.2) is 5.78 Å². The van der Waals surface area contributed by atoms with Crippen molar-refractivity contribution in [3.05, 3.63) is 58.9 Å². The second kappa shape index (κ2) is 5.02. The molecule has 0 amide bonds. The zero-order chi connectivity index (χ0) is 16.0. The van der Waals surface area contributed by atoms with Crippen LogP contribution in [-0.4, -0.2) is 16.7 Å². The first-order valence-electron chi connectivity index (χ1n) is 6.73. The number of pyridine rings is 1. The number of Topliss-reactive ketones (excluding diaryl/α,β-unsaturated/α-hetero) is 1. The van der Waals surface area contributed by atoms with Crippen LogP contribution in [0.3, 0.4) is 0 Å². The standard InChI is InChI=1S/C16H13ClF2N2O/c17-11-3-1-10(2-4-11)15(8-16(18,19)9-15)14(22)13-6-5-12(20)7-21-13/h1-7H,8-9,20H2. The zero-order valence-electron chi connectivity index (χ0n) is 11.5. The van der Waals surface area contributed by atoms with Crippen molar-refractivity contribution in [3.63, 3.8) is 0 Å². The maximum Gasteiger partial charge on any atom is 0.250 e. The van der Waals surface area contributed by atoms with Crippen molar-refractivity contribution in [3.8, 4) is 0 Å². The number of ketones is 1. The van der Waals surface area contributed by atoms with Crippen LogP contribution in [0.25, 0.3) is 0 Å². The van der Waals surface area contributed by atoms with Crippen LogP contribution in [0.2, 0.25) is 5.02 Å². The van der Waals surface area contributed by atoms with Gasteiger partial charge in [-0.1, -0.05) is 23.7 Å². The van der Waals surface area contributed by atoms with Crippen molar-refractivity contribution in [2.24, 2.45) is 0 Å². The van der Waals surface area contributed by atoms with Gasteiger partial charge in [0.1, 0.15) is 5.69 Å². The third kappa shape index (κ3) is 2.46. The molecule has 22 heavy (non-hydrogen) atoms. The number of benzene rings is 1. The van der Waals surface area contributed by atoms with E-state index in [4.69, 9.17) is 17.3 Å². The summed E-state index contributed by atoms with van der Waals surface area (Å²) >= 11 is 5.83. The topological polar surface area (TPSA) is 56.0 Å². The number of carbonyl (C=O) groups is 1. The van der Waals surface area contributed by atoms with E-state index in [-0.39, 0.29) is 5.69 Å². The van der Waals surface area contributed by atoms with E-state index in [1.165, 1.54) is 18.3 Å². The molecule has 0 unspecified atom stereocenters. The molecule has 1 heterocycles. The maximum atomic E-state index is 13.5. The number of carbonyl (C=O) groups excluding carboxylic acids is 1. The minimum atomic E-state index is -2.84. The van der Waals surface area contributed by atoms with E-state index in [9.17, 15) is 13.6 Å². The van der Waals surface area contributed by atoms with Crippen LogP contribution in [0, 0.1) is 0 Å². The Morgan fingerprint density at radius 3 is 2.27 bits per heavy atom. The lowest BCUT2D eigenvalue weighted by Crippen LogP contribution is -2.54. The number of anilines is 1. The van der Waals surface area contributed by atoms with Crippen LogP contribution in [0.15, 0.2) is 42.6 Å². The Balaban J connectivity index is 2.02. The van der Waals surface area contributed by atoms with E-state index < -0.39 is 30.0 Å². The lowest BCUT2D eigenvalue weighted by molar-refractivity contribution is -0.113. The van der Waals surface area contributed by atoms with E-state index >= 15 is 0 Å². The second-order valence-corrected chi connectivity index (χ2v) is 6.04. The molecule has 0 atom stereocenters. The summed E-state index contributed by atoms with van der Waals surface area (Å²) in [6, 6.07) is 9.43. The summed E-state index contributed by atoms with van der Waals surface area (Å²) in [5.41, 5.74) is 5.38. The monoisotopic (exact) mass is 322 g/mol. The van der Waals surface area contributed by atoms with Crippen LogP contribution in [-0.2, 0) is 5.41 Å². The number of aromatic nitrogens is 1. The highest BCUT2D eigenvalue weighted by Gasteiger charge is 2.61. The van der Waals surface area contributed by atoms with Crippen LogP contribution >= 0.6 is 11.6 Å². The SMILES string of the molecule is Nc1ccc(C(=O)C2(c3ccc(Cl)cc3)CC(F)(F)C2)nc1. The largest absolute Gasteiger partial charge is 0.397 e. The smallest absolute Gasteiger partial charge is 0.250 e. The molecule has 0 saturated heterocycles. The number of nitrogen functional groups attached to an aromatic ring is 1. The Labute approximate surface area is 131 Å². The summed E-state index contributed by atoms with van der Waals surface area (Å²) in [5, 5.41) is 0.489. The molecule has 1 aromatic carbocycles. The molecule has 2 N–H and O–H groups in total. The fourth-order valence-electron chi connectivity index (χ4n) is 2.88. The molecule has 3 rings (SSSR count). The molecule has 114 valence electrons. The van der Waals surface area contributed by atoms with Crippen molar-refractivity contribution >= 4 is 23.1 Å². The summed E-state index contributed by atoms with van der Waals surface area (Å²) in [4.78, 5) is 16.7. The van der Waals surface area contributed by atoms with E-state index in [0.29, 0.717) is 16.3 Å². The van der Waals surface area contributed by atoms with Gasteiger partial charge in [-0.2, -0.15) is 0 Å². The maximum absolute atomic E-state index is 13.5. The minimum Gasteiger partial charge on any atom is -0.397 e. The molecule has 1 aliphatic carbocycles. The van der Waals surface area contributed by atoms with Gasteiger partial charge >= 0.3 is 0 Å². The number of hydrogen-bond donors (Lipinski definition) is 1. The normalized spacial score (nSPS) is 18.5. The Hall–Kier alpha value is -2.01. The number of nitrogens with two attached hydrogens (primary N) is 1. The van der Waals surface area contributed by atoms with Gasteiger partial charge < -0.3 is 5.73 Å². The molecule has 2 aromatic rings. The molecule has 1 saturated carbocycles. The lowest BCUT2D eigenvalue weighted by Gasteiger charge is -2.46. The van der Waals surface area contributed by atoms with Crippen LogP contribution in [0.1, 0.15) is 28.9 Å². The minimum absolute atomic E-state index is 0.139. The van der Waals surface area contributed by atoms with Crippen molar-refractivity contribution in [2.75, 3.05) is 5.73 Å². The molecule has 1 fully saturated rings. The highest BCUT2D eigenvalue weighted by atomic mass is 35.5. The Morgan fingerprint density at radius 2 is 1.77 bits per heavy atom. The van der Waals surface area contributed by atoms with Crippen LogP contribution in [0.4, 0.5) is 14.5 Å². The highest BCUT2D eigenvalue weighted by Crippen LogP contribution is 2.54. The zero-order valence-corrected chi connectivity index (χ0v) is 12.3. The molecule has 6 heteroatoms. The molecule has 0 bridgehead atoms. The van der Waals surface area contributed by atoms with E-state index in [2.05, 4.69) is 4.98 Å². The van der Waals surface area contributed by atoms with E-state index in [1.54, 1.807) is 24.3 Å². The number of rotatable bonds is 3. The van der Waals surface area contributed by atoms with Gasteiger partial charge in [0.05, 0.1) is 17.3 Å². The third-order valence-electron chi connectivity index (χ3n) is 3.97. The lowest BCUT2D eigenvalue weighted by atomic mass is 9.59. The Morgan fingerprint density at radius 1 is 1.14 bits per heavy atom. The van der Waals surface area contributed by atoms with E-state index in [1.807, 2.05) is 0 Å². The summed E-state index contributed by atoms with van der Waals surface area (Å²) in [7, 11) is 0. The van der Waals surface area contributed by atoms with Crippen LogP contribution in [0.5, 0.6) is 0 Å². The predicted octanol–water partition coefficient (Wildman–Crippen LogP) is 3.87. The summed E-state index contributed by atoms with van der Waals surface area (Å²) < 4.78 is 27.0. The van der Waals surface area contributed by atoms with Gasteiger partial charge in [0.2, 0.25) is 0 Å². The van der Waals surface area contributed by atoms with Gasteiger partial charge in [-0.25, -0.2) is 8.78 Å². The molecule has 0 aliphatic heterocycles. The first-order valence-corrected chi connectivity index (χ1v) is 7.10. The quantitative estimate of drug-likeness (QED) is 0.873. The number of nitrogens with zero attached hydrogens (tertiary/aromatic N) is 1. The fraction of sp³-hybridized carbons (Fsp3) is 0.250. The van der Waals surface area contributed by atoms with Gasteiger partial charge in [0, 0.05) is 17.9 Å². The summed E-state index contributed by atoms with van der Waals surface area (Å²) in [5.74, 6) is -3.26. The van der Waals surface area contributed by atoms with Crippen LogP contribution < -0.4 is 5.73 Å². The molecule has 1 aromatic heterocycles. The fourth-order valence-corrected chi connectivity index (χ4v) is 3.01. The first kappa shape index (κ1) is 14.9. The second-order valence-electron chi connectivity index (χ2n) is 5.60. The number of halogens is 3. The number of hydrogen-bond acceptors (Lipinski definition) is 3. The molecule has 0 spiro atoms. The van der Waals surface area contributed by atoms with Crippen molar-refractivity contribution < 1.29 is 13.6 Å². The highest BCUT2D eigenvalue weighted by molar-refractivity contribution is 6.30. The van der Waals surface area contributed by atoms with E-state index in [0.717, 1.165) is 0 Å². The number of alkyl halides is 2. The molecular weight excluding hydrogens is 310 g/mol. The Bertz CT molecular complexity index is 706. The first-order chi connectivity index (χ1) is 10.3.